The summed E-state index contributed by atoms with van der Waals surface area (Å²) >= 11 is 0. The Morgan fingerprint density at radius 1 is 1.26 bits per heavy atom. The summed E-state index contributed by atoms with van der Waals surface area (Å²) in [5.74, 6) is 0.597. The minimum atomic E-state index is -0.0311. The highest BCUT2D eigenvalue weighted by atomic mass is 127. The van der Waals surface area contributed by atoms with Crippen LogP contribution in [0.4, 0.5) is 5.69 Å². The van der Waals surface area contributed by atoms with Crippen LogP contribution in [0.1, 0.15) is 19.4 Å². The zero-order chi connectivity index (χ0) is 19.5. The van der Waals surface area contributed by atoms with Crippen LogP contribution in [0, 0.1) is 6.92 Å². The summed E-state index contributed by atoms with van der Waals surface area (Å²) in [6, 6.07) is 8.49. The molecule has 1 aromatic carbocycles. The summed E-state index contributed by atoms with van der Waals surface area (Å²) in [4.78, 5) is 20.0. The predicted octanol–water partition coefficient (Wildman–Crippen LogP) is 2.64. The molecule has 0 atom stereocenters. The second-order valence-electron chi connectivity index (χ2n) is 6.61. The molecule has 27 heavy (non-hydrogen) atoms. The molecule has 0 heterocycles. The number of hydrogen-bond acceptors (Lipinski definition) is 3. The molecular weight excluding hydrogens is 453 g/mol. The highest BCUT2D eigenvalue weighted by Crippen LogP contribution is 2.14. The molecule has 0 aliphatic rings. The van der Waals surface area contributed by atoms with E-state index >= 15 is 0 Å². The normalized spacial score (nSPS) is 10.6. The molecule has 0 spiro atoms. The number of aliphatic imine (C=N–C) groups is 1. The van der Waals surface area contributed by atoms with Gasteiger partial charge in [0.15, 0.2) is 5.96 Å². The van der Waals surface area contributed by atoms with Gasteiger partial charge in [-0.3, -0.25) is 4.79 Å². The van der Waals surface area contributed by atoms with Crippen LogP contribution in [0.3, 0.4) is 0 Å². The van der Waals surface area contributed by atoms with Crippen molar-refractivity contribution in [2.75, 3.05) is 51.7 Å². The molecule has 0 saturated carbocycles. The third-order valence-electron chi connectivity index (χ3n) is 3.85. The fourth-order valence-electron chi connectivity index (χ4n) is 2.30. The van der Waals surface area contributed by atoms with E-state index in [-0.39, 0.29) is 36.4 Å². The smallest absolute Gasteiger partial charge is 0.243 e. The van der Waals surface area contributed by atoms with E-state index in [1.54, 1.807) is 14.1 Å². The number of rotatable bonds is 9. The van der Waals surface area contributed by atoms with E-state index < -0.39 is 0 Å². The van der Waals surface area contributed by atoms with Gasteiger partial charge in [0.05, 0.1) is 0 Å². The number of halogens is 1. The lowest BCUT2D eigenvalue weighted by Gasteiger charge is -2.24. The lowest BCUT2D eigenvalue weighted by molar-refractivity contribution is -0.127. The van der Waals surface area contributed by atoms with Crippen LogP contribution in [-0.4, -0.2) is 63.6 Å². The molecule has 0 aliphatic heterocycles. The first kappa shape index (κ1) is 25.2. The number of likely N-dealkylation sites (N-methyl/N-ethyl adjacent to an activating group) is 2. The zero-order valence-electron chi connectivity index (χ0n) is 17.2. The molecular formula is C20H34IN5O. The quantitative estimate of drug-likeness (QED) is 0.244. The molecule has 0 radical (unpaired) electrons. The molecule has 6 nitrogen and oxygen atoms in total. The van der Waals surface area contributed by atoms with Gasteiger partial charge in [-0.05, 0) is 38.5 Å². The molecule has 0 saturated heterocycles. The van der Waals surface area contributed by atoms with Crippen LogP contribution < -0.4 is 15.5 Å². The first-order valence-electron chi connectivity index (χ1n) is 9.01. The number of amides is 1. The number of aryl methyl sites for hydroxylation is 1. The summed E-state index contributed by atoms with van der Waals surface area (Å²) < 4.78 is 0. The number of nitrogens with one attached hydrogen (secondary N) is 2. The van der Waals surface area contributed by atoms with Crippen molar-refractivity contribution in [2.45, 2.75) is 20.8 Å². The number of anilines is 1. The minimum absolute atomic E-state index is 0. The van der Waals surface area contributed by atoms with E-state index in [4.69, 9.17) is 0 Å². The Morgan fingerprint density at radius 2 is 1.96 bits per heavy atom. The summed E-state index contributed by atoms with van der Waals surface area (Å²) in [6.07, 6.45) is 0. The summed E-state index contributed by atoms with van der Waals surface area (Å²) in [7, 11) is 3.46. The fourth-order valence-corrected chi connectivity index (χ4v) is 2.30. The van der Waals surface area contributed by atoms with E-state index in [0.717, 1.165) is 25.2 Å². The Bertz CT molecular complexity index is 631. The largest absolute Gasteiger partial charge is 0.370 e. The van der Waals surface area contributed by atoms with Crippen molar-refractivity contribution < 1.29 is 4.79 Å². The predicted molar refractivity (Wildman–Crippen MR) is 126 cm³/mol. The molecule has 0 fully saturated rings. The van der Waals surface area contributed by atoms with E-state index in [1.807, 2.05) is 6.92 Å². The van der Waals surface area contributed by atoms with Gasteiger partial charge in [0.25, 0.3) is 0 Å². The molecule has 7 heteroatoms. The van der Waals surface area contributed by atoms with Gasteiger partial charge in [0, 0.05) is 46.0 Å². The highest BCUT2D eigenvalue weighted by Gasteiger charge is 2.07. The minimum Gasteiger partial charge on any atom is -0.370 e. The Morgan fingerprint density at radius 3 is 2.52 bits per heavy atom. The van der Waals surface area contributed by atoms with Crippen LogP contribution in [0.25, 0.3) is 0 Å². The summed E-state index contributed by atoms with van der Waals surface area (Å²) in [6.45, 7) is 13.3. The van der Waals surface area contributed by atoms with E-state index in [0.29, 0.717) is 12.5 Å². The van der Waals surface area contributed by atoms with Crippen LogP contribution in [0.5, 0.6) is 0 Å². The molecule has 0 bridgehead atoms. The number of hydrogen-bond donors (Lipinski definition) is 2. The Kier molecular flexibility index (Phi) is 12.5. The first-order chi connectivity index (χ1) is 12.3. The zero-order valence-corrected chi connectivity index (χ0v) is 19.5. The van der Waals surface area contributed by atoms with Gasteiger partial charge >= 0.3 is 0 Å². The van der Waals surface area contributed by atoms with Gasteiger partial charge in [-0.1, -0.05) is 24.3 Å². The Hall–Kier alpha value is -1.77. The average molecular weight is 487 g/mol. The van der Waals surface area contributed by atoms with Gasteiger partial charge < -0.3 is 20.4 Å². The van der Waals surface area contributed by atoms with E-state index in [9.17, 15) is 4.79 Å². The standard InChI is InChI=1S/C20H33N5O.HI/c1-7-25(18-10-8-9-17(4)13-18)12-11-21-20(22-14-16(2)3)23-15-19(26)24(5)6;/h8-10,13H,2,7,11-12,14-15H2,1,3-6H3,(H2,21,22,23);1H. The lowest BCUT2D eigenvalue weighted by atomic mass is 10.2. The first-order valence-corrected chi connectivity index (χ1v) is 9.01. The second-order valence-corrected chi connectivity index (χ2v) is 6.61. The number of guanidine groups is 1. The number of carbonyl (C=O) groups excluding carboxylic acids is 1. The summed E-state index contributed by atoms with van der Waals surface area (Å²) in [5.41, 5.74) is 3.47. The van der Waals surface area contributed by atoms with Crippen molar-refractivity contribution in [3.05, 3.63) is 42.0 Å². The third-order valence-corrected chi connectivity index (χ3v) is 3.85. The monoisotopic (exact) mass is 487 g/mol. The molecule has 0 aliphatic carbocycles. The average Bonchev–Trinajstić information content (AvgIpc) is 2.59. The van der Waals surface area contributed by atoms with Crippen molar-refractivity contribution in [2.24, 2.45) is 4.99 Å². The lowest BCUT2D eigenvalue weighted by Crippen LogP contribution is -2.42. The van der Waals surface area contributed by atoms with Gasteiger partial charge in [-0.15, -0.1) is 24.0 Å². The van der Waals surface area contributed by atoms with Crippen molar-refractivity contribution in [1.82, 2.24) is 15.5 Å². The van der Waals surface area contributed by atoms with Gasteiger partial charge in [0.2, 0.25) is 5.91 Å². The van der Waals surface area contributed by atoms with Gasteiger partial charge in [-0.25, -0.2) is 4.99 Å². The van der Waals surface area contributed by atoms with E-state index in [1.165, 1.54) is 16.2 Å². The maximum Gasteiger partial charge on any atom is 0.243 e. The third kappa shape index (κ3) is 10.2. The molecule has 1 rings (SSSR count). The topological polar surface area (TPSA) is 60.0 Å². The van der Waals surface area contributed by atoms with Crippen LogP contribution >= 0.6 is 24.0 Å². The Balaban J connectivity index is 0.00000676. The number of carbonyl (C=O) groups is 1. The van der Waals surface area contributed by atoms with Crippen molar-refractivity contribution in [1.29, 1.82) is 0 Å². The molecule has 1 aromatic rings. The number of benzene rings is 1. The van der Waals surface area contributed by atoms with Crippen molar-refractivity contribution in [3.8, 4) is 0 Å². The molecule has 2 N–H and O–H groups in total. The van der Waals surface area contributed by atoms with Crippen LogP contribution in [0.2, 0.25) is 0 Å². The van der Waals surface area contributed by atoms with E-state index in [2.05, 4.69) is 65.2 Å². The van der Waals surface area contributed by atoms with Crippen molar-refractivity contribution >= 4 is 41.5 Å². The molecule has 1 amide bonds. The maximum atomic E-state index is 11.8. The van der Waals surface area contributed by atoms with Gasteiger partial charge in [0.1, 0.15) is 6.54 Å². The molecule has 0 unspecified atom stereocenters. The van der Waals surface area contributed by atoms with Crippen LogP contribution in [-0.2, 0) is 4.79 Å². The maximum absolute atomic E-state index is 11.8. The molecule has 0 aromatic heterocycles. The van der Waals surface area contributed by atoms with Crippen LogP contribution in [0.15, 0.2) is 41.4 Å². The number of nitrogens with zero attached hydrogens (tertiary/aromatic N) is 3. The second kappa shape index (κ2) is 13.4. The summed E-state index contributed by atoms with van der Waals surface area (Å²) in [5, 5.41) is 6.51. The highest BCUT2D eigenvalue weighted by molar-refractivity contribution is 14.0. The molecule has 152 valence electrons. The SMILES string of the molecule is C=C(C)CNC(=NCC(=O)N(C)C)NCCN(CC)c1cccc(C)c1.I. The van der Waals surface area contributed by atoms with Gasteiger partial charge in [-0.2, -0.15) is 0 Å². The Labute approximate surface area is 181 Å². The fraction of sp³-hybridized carbons (Fsp3) is 0.500. The van der Waals surface area contributed by atoms with Crippen molar-refractivity contribution in [3.63, 3.8) is 0 Å².